The zero-order valence-corrected chi connectivity index (χ0v) is 19.2. The predicted molar refractivity (Wildman–Crippen MR) is 121 cm³/mol. The number of benzene rings is 1. The van der Waals surface area contributed by atoms with E-state index in [1.165, 1.54) is 11.8 Å². The van der Waals surface area contributed by atoms with Crippen LogP contribution in [0.15, 0.2) is 35.3 Å². The molecule has 0 radical (unpaired) electrons. The summed E-state index contributed by atoms with van der Waals surface area (Å²) in [5.41, 5.74) is 2.58. The summed E-state index contributed by atoms with van der Waals surface area (Å²) in [5, 5.41) is 11.1. The minimum atomic E-state index is -0.341. The Morgan fingerprint density at radius 2 is 1.93 bits per heavy atom. The van der Waals surface area contributed by atoms with Crippen molar-refractivity contribution in [1.29, 1.82) is 0 Å². The van der Waals surface area contributed by atoms with Gasteiger partial charge in [0.05, 0.1) is 5.69 Å². The molecule has 0 fully saturated rings. The van der Waals surface area contributed by atoms with E-state index in [0.717, 1.165) is 31.2 Å². The zero-order chi connectivity index (χ0) is 19.2. The Morgan fingerprint density at radius 1 is 1.22 bits per heavy atom. The van der Waals surface area contributed by atoms with Crippen LogP contribution in [0.25, 0.3) is 0 Å². The lowest BCUT2D eigenvalue weighted by atomic mass is 9.84. The zero-order valence-electron chi connectivity index (χ0n) is 16.8. The smallest absolute Gasteiger partial charge is 0.191 e. The summed E-state index contributed by atoms with van der Waals surface area (Å²) < 4.78 is 16.1. The van der Waals surface area contributed by atoms with Crippen molar-refractivity contribution >= 4 is 29.9 Å². The van der Waals surface area contributed by atoms with Gasteiger partial charge in [0.2, 0.25) is 0 Å². The Kier molecular flexibility index (Phi) is 9.21. The lowest BCUT2D eigenvalue weighted by Crippen LogP contribution is -2.44. The number of rotatable bonds is 7. The second-order valence-corrected chi connectivity index (χ2v) is 7.22. The van der Waals surface area contributed by atoms with E-state index in [0.29, 0.717) is 12.1 Å². The molecule has 1 heterocycles. The molecule has 0 aliphatic carbocycles. The van der Waals surface area contributed by atoms with Gasteiger partial charge in [0.15, 0.2) is 5.96 Å². The van der Waals surface area contributed by atoms with Gasteiger partial charge in [-0.1, -0.05) is 32.0 Å². The van der Waals surface area contributed by atoms with Gasteiger partial charge in [-0.2, -0.15) is 5.10 Å². The molecule has 5 nitrogen and oxygen atoms in total. The van der Waals surface area contributed by atoms with E-state index in [1.54, 1.807) is 13.1 Å². The van der Waals surface area contributed by atoms with Crippen LogP contribution in [0.2, 0.25) is 0 Å². The minimum absolute atomic E-state index is 0. The number of guanidine groups is 1. The molecule has 0 atom stereocenters. The van der Waals surface area contributed by atoms with E-state index in [9.17, 15) is 4.39 Å². The second kappa shape index (κ2) is 10.6. The van der Waals surface area contributed by atoms with E-state index in [4.69, 9.17) is 0 Å². The molecule has 27 heavy (non-hydrogen) atoms. The van der Waals surface area contributed by atoms with Gasteiger partial charge in [0, 0.05) is 37.8 Å². The average molecular weight is 487 g/mol. The van der Waals surface area contributed by atoms with E-state index < -0.39 is 0 Å². The summed E-state index contributed by atoms with van der Waals surface area (Å²) in [6, 6.07) is 9.00. The molecule has 2 aromatic rings. The van der Waals surface area contributed by atoms with E-state index in [-0.39, 0.29) is 35.2 Å². The predicted octanol–water partition coefficient (Wildman–Crippen LogP) is 3.79. The topological polar surface area (TPSA) is 54.2 Å². The van der Waals surface area contributed by atoms with Gasteiger partial charge >= 0.3 is 0 Å². The molecule has 2 N–H and O–H groups in total. The number of aryl methyl sites for hydroxylation is 3. The second-order valence-electron chi connectivity index (χ2n) is 7.22. The highest BCUT2D eigenvalue weighted by Crippen LogP contribution is 2.24. The van der Waals surface area contributed by atoms with Crippen LogP contribution >= 0.6 is 24.0 Å². The maximum Gasteiger partial charge on any atom is 0.191 e. The highest BCUT2D eigenvalue weighted by atomic mass is 127. The Hall–Kier alpha value is -1.64. The number of hydrogen-bond donors (Lipinski definition) is 2. The standard InChI is InChI=1S/C20H30FN5.HI/c1-15-13-16(2)26(25-15)12-8-11-23-19(22-5)24-14-20(3,4)17-9-6-7-10-18(17)21;/h6-7,9-10,13H,8,11-12,14H2,1-5H3,(H2,22,23,24);1H. The Bertz CT molecular complexity index is 755. The van der Waals surface area contributed by atoms with Crippen molar-refractivity contribution in [2.75, 3.05) is 20.1 Å². The minimum Gasteiger partial charge on any atom is -0.356 e. The number of aromatic nitrogens is 2. The molecule has 0 aliphatic heterocycles. The van der Waals surface area contributed by atoms with E-state index in [1.807, 2.05) is 37.6 Å². The van der Waals surface area contributed by atoms with Gasteiger partial charge in [0.1, 0.15) is 5.82 Å². The highest BCUT2D eigenvalue weighted by molar-refractivity contribution is 14.0. The van der Waals surface area contributed by atoms with Gasteiger partial charge in [-0.3, -0.25) is 9.67 Å². The Morgan fingerprint density at radius 3 is 2.52 bits per heavy atom. The Balaban J connectivity index is 0.00000364. The van der Waals surface area contributed by atoms with Crippen LogP contribution < -0.4 is 10.6 Å². The van der Waals surface area contributed by atoms with Crippen molar-refractivity contribution in [2.45, 2.75) is 46.1 Å². The molecule has 150 valence electrons. The normalized spacial score (nSPS) is 11.9. The maximum atomic E-state index is 14.1. The fourth-order valence-corrected chi connectivity index (χ4v) is 2.97. The Labute approximate surface area is 178 Å². The molecule has 2 rings (SSSR count). The monoisotopic (exact) mass is 487 g/mol. The number of hydrogen-bond acceptors (Lipinski definition) is 2. The van der Waals surface area contributed by atoms with Gasteiger partial charge in [-0.25, -0.2) is 4.39 Å². The number of nitrogens with zero attached hydrogens (tertiary/aromatic N) is 3. The van der Waals surface area contributed by atoms with Crippen LogP contribution in [0.1, 0.15) is 37.2 Å². The third-order valence-corrected chi connectivity index (χ3v) is 4.47. The first-order chi connectivity index (χ1) is 12.3. The van der Waals surface area contributed by atoms with Gasteiger partial charge in [-0.15, -0.1) is 24.0 Å². The van der Waals surface area contributed by atoms with E-state index in [2.05, 4.69) is 33.7 Å². The van der Waals surface area contributed by atoms with Crippen molar-refractivity contribution in [3.63, 3.8) is 0 Å². The maximum absolute atomic E-state index is 14.1. The summed E-state index contributed by atoms with van der Waals surface area (Å²) in [6.07, 6.45) is 0.944. The number of aliphatic imine (C=N–C) groups is 1. The molecule has 7 heteroatoms. The molecule has 0 unspecified atom stereocenters. The van der Waals surface area contributed by atoms with Crippen molar-refractivity contribution in [3.8, 4) is 0 Å². The van der Waals surface area contributed by atoms with Crippen LogP contribution in [0.5, 0.6) is 0 Å². The summed E-state index contributed by atoms with van der Waals surface area (Å²) in [4.78, 5) is 4.25. The fraction of sp³-hybridized carbons (Fsp3) is 0.500. The summed E-state index contributed by atoms with van der Waals surface area (Å²) in [7, 11) is 1.74. The quantitative estimate of drug-likeness (QED) is 0.271. The van der Waals surface area contributed by atoms with Crippen molar-refractivity contribution < 1.29 is 4.39 Å². The number of nitrogens with one attached hydrogen (secondary N) is 2. The van der Waals surface area contributed by atoms with Crippen LogP contribution in [0.4, 0.5) is 4.39 Å². The third-order valence-electron chi connectivity index (χ3n) is 4.47. The number of halogens is 2. The SMILES string of the molecule is CN=C(NCCCn1nc(C)cc1C)NCC(C)(C)c1ccccc1F.I. The van der Waals surface area contributed by atoms with E-state index >= 15 is 0 Å². The molecule has 1 aromatic carbocycles. The fourth-order valence-electron chi connectivity index (χ4n) is 2.97. The van der Waals surface area contributed by atoms with Crippen molar-refractivity contribution in [2.24, 2.45) is 4.99 Å². The van der Waals surface area contributed by atoms with Gasteiger partial charge in [0.25, 0.3) is 0 Å². The highest BCUT2D eigenvalue weighted by Gasteiger charge is 2.24. The first-order valence-electron chi connectivity index (χ1n) is 9.04. The molecule has 1 aromatic heterocycles. The molecule has 0 bridgehead atoms. The molecular weight excluding hydrogens is 456 g/mol. The van der Waals surface area contributed by atoms with Crippen LogP contribution in [-0.2, 0) is 12.0 Å². The molecule has 0 saturated heterocycles. The van der Waals surface area contributed by atoms with Crippen LogP contribution in [0.3, 0.4) is 0 Å². The van der Waals surface area contributed by atoms with Crippen LogP contribution in [0, 0.1) is 19.7 Å². The average Bonchev–Trinajstić information content (AvgIpc) is 2.92. The lowest BCUT2D eigenvalue weighted by molar-refractivity contribution is 0.472. The summed E-state index contributed by atoms with van der Waals surface area (Å²) in [6.45, 7) is 10.4. The lowest BCUT2D eigenvalue weighted by Gasteiger charge is -2.27. The van der Waals surface area contributed by atoms with Crippen molar-refractivity contribution in [1.82, 2.24) is 20.4 Å². The van der Waals surface area contributed by atoms with Gasteiger partial charge < -0.3 is 10.6 Å². The molecule has 0 aliphatic rings. The first-order valence-corrected chi connectivity index (χ1v) is 9.04. The van der Waals surface area contributed by atoms with Gasteiger partial charge in [-0.05, 0) is 38.0 Å². The molecular formula is C20H31FIN5. The molecule has 0 amide bonds. The summed E-state index contributed by atoms with van der Waals surface area (Å²) >= 11 is 0. The largest absolute Gasteiger partial charge is 0.356 e. The first kappa shape index (κ1) is 23.4. The molecule has 0 spiro atoms. The molecule has 0 saturated carbocycles. The summed E-state index contributed by atoms with van der Waals surface area (Å²) in [5.74, 6) is 0.551. The third kappa shape index (κ3) is 6.79. The van der Waals surface area contributed by atoms with Crippen molar-refractivity contribution in [3.05, 3.63) is 53.1 Å². The van der Waals surface area contributed by atoms with Crippen LogP contribution in [-0.4, -0.2) is 35.9 Å².